The summed E-state index contributed by atoms with van der Waals surface area (Å²) in [5.74, 6) is 6.15. The van der Waals surface area contributed by atoms with Crippen LogP contribution in [0.15, 0.2) is 0 Å². The lowest BCUT2D eigenvalue weighted by atomic mass is 10.4. The fraction of sp³-hybridized carbons (Fsp3) is 1.00. The van der Waals surface area contributed by atoms with E-state index in [1.54, 1.807) is 0 Å². The first-order valence-electron chi connectivity index (χ1n) is 5.40. The van der Waals surface area contributed by atoms with Gasteiger partial charge >= 0.3 is 0 Å². The molecule has 0 aromatic carbocycles. The molecule has 1 nitrogen and oxygen atoms in total. The zero-order chi connectivity index (χ0) is 11.2. The van der Waals surface area contributed by atoms with E-state index in [9.17, 15) is 0 Å². The Morgan fingerprint density at radius 2 is 1.19 bits per heavy atom. The Morgan fingerprint density at radius 1 is 0.750 bits per heavy atom. The highest BCUT2D eigenvalue weighted by Crippen LogP contribution is 2.03. The fourth-order valence-electron chi connectivity index (χ4n) is 1.04. The lowest BCUT2D eigenvalue weighted by molar-refractivity contribution is 0.667. The van der Waals surface area contributed by atoms with Crippen LogP contribution < -0.4 is 5.32 Å². The van der Waals surface area contributed by atoms with E-state index >= 15 is 0 Å². The van der Waals surface area contributed by atoms with E-state index < -0.39 is 0 Å². The Kier molecular flexibility index (Phi) is 23.4. The van der Waals surface area contributed by atoms with Crippen molar-refractivity contribution >= 4 is 59.1 Å². The lowest BCUT2D eigenvalue weighted by Gasteiger charge is -2.04. The molecule has 0 rings (SSSR count). The smallest absolute Gasteiger partial charge is 0.0314 e. The van der Waals surface area contributed by atoms with Crippen molar-refractivity contribution in [2.75, 3.05) is 47.9 Å². The molecule has 0 saturated carbocycles. The Bertz CT molecular complexity index is 108. The van der Waals surface area contributed by atoms with Crippen molar-refractivity contribution in [1.82, 2.24) is 5.32 Å². The van der Waals surface area contributed by atoms with Crippen LogP contribution in [0.4, 0.5) is 0 Å². The predicted octanol–water partition coefficient (Wildman–Crippen LogP) is 3.72. The summed E-state index contributed by atoms with van der Waals surface area (Å²) < 4.78 is 0. The van der Waals surface area contributed by atoms with Crippen molar-refractivity contribution in [3.8, 4) is 0 Å². The van der Waals surface area contributed by atoms with E-state index in [1.165, 1.54) is 24.3 Å². The zero-order valence-electron chi connectivity index (χ0n) is 9.55. The molecule has 0 bridgehead atoms. The summed E-state index contributed by atoms with van der Waals surface area (Å²) in [5, 5.41) is 3.45. The van der Waals surface area contributed by atoms with Crippen LogP contribution in [-0.4, -0.2) is 47.9 Å². The molecular weight excluding hydrogens is 305 g/mol. The molecule has 0 fully saturated rings. The summed E-state index contributed by atoms with van der Waals surface area (Å²) in [6, 6.07) is 0. The summed E-state index contributed by atoms with van der Waals surface area (Å²) in [7, 11) is 0. The van der Waals surface area contributed by atoms with Crippen LogP contribution in [0, 0.1) is 0 Å². The van der Waals surface area contributed by atoms with Crippen LogP contribution >= 0.6 is 59.1 Å². The van der Waals surface area contributed by atoms with Crippen LogP contribution in [0.2, 0.25) is 0 Å². The van der Waals surface area contributed by atoms with Gasteiger partial charge in [0.05, 0.1) is 0 Å². The number of halogens is 3. The van der Waals surface area contributed by atoms with Crippen LogP contribution in [-0.2, 0) is 0 Å². The molecule has 0 amide bonds. The van der Waals surface area contributed by atoms with Crippen molar-refractivity contribution < 1.29 is 0 Å². The first-order chi connectivity index (χ1) is 7.41. The molecule has 0 aromatic rings. The molecule has 1 N–H and O–H groups in total. The SMILES string of the molecule is Cl.ClCCSCCCNCCCSCCCl. The van der Waals surface area contributed by atoms with Crippen molar-refractivity contribution in [3.63, 3.8) is 0 Å². The second kappa shape index (κ2) is 18.9. The average molecular weight is 327 g/mol. The minimum atomic E-state index is 0. The first-order valence-corrected chi connectivity index (χ1v) is 8.77. The van der Waals surface area contributed by atoms with Gasteiger partial charge in [0, 0.05) is 23.3 Å². The predicted molar refractivity (Wildman–Crippen MR) is 85.4 cm³/mol. The fourth-order valence-corrected chi connectivity index (χ4v) is 3.01. The summed E-state index contributed by atoms with van der Waals surface area (Å²) in [4.78, 5) is 0. The Labute approximate surface area is 125 Å². The van der Waals surface area contributed by atoms with E-state index in [-0.39, 0.29) is 12.4 Å². The first kappa shape index (κ1) is 19.9. The van der Waals surface area contributed by atoms with Gasteiger partial charge in [-0.1, -0.05) is 0 Å². The largest absolute Gasteiger partial charge is 0.317 e. The van der Waals surface area contributed by atoms with E-state index in [0.29, 0.717) is 0 Å². The summed E-state index contributed by atoms with van der Waals surface area (Å²) in [6.45, 7) is 2.27. The maximum Gasteiger partial charge on any atom is 0.0314 e. The molecule has 0 atom stereocenters. The molecule has 100 valence electrons. The lowest BCUT2D eigenvalue weighted by Crippen LogP contribution is -2.17. The van der Waals surface area contributed by atoms with Gasteiger partial charge in [0.2, 0.25) is 0 Å². The second-order valence-electron chi connectivity index (χ2n) is 3.06. The Morgan fingerprint density at radius 3 is 1.56 bits per heavy atom. The number of hydrogen-bond donors (Lipinski definition) is 1. The Balaban J connectivity index is 0. The molecule has 16 heavy (non-hydrogen) atoms. The molecule has 6 heteroatoms. The van der Waals surface area contributed by atoms with E-state index in [2.05, 4.69) is 5.32 Å². The molecule has 0 spiro atoms. The van der Waals surface area contributed by atoms with E-state index in [4.69, 9.17) is 23.2 Å². The molecule has 0 saturated heterocycles. The highest BCUT2D eigenvalue weighted by Gasteiger charge is 1.91. The van der Waals surface area contributed by atoms with Gasteiger partial charge < -0.3 is 5.32 Å². The second-order valence-corrected chi connectivity index (χ2v) is 6.27. The molecule has 0 heterocycles. The van der Waals surface area contributed by atoms with Gasteiger partial charge in [-0.25, -0.2) is 0 Å². The van der Waals surface area contributed by atoms with Crippen LogP contribution in [0.1, 0.15) is 12.8 Å². The molecule has 0 aromatic heterocycles. The minimum absolute atomic E-state index is 0. The van der Waals surface area contributed by atoms with Gasteiger partial charge in [-0.3, -0.25) is 0 Å². The van der Waals surface area contributed by atoms with E-state index in [0.717, 1.165) is 36.4 Å². The van der Waals surface area contributed by atoms with Gasteiger partial charge in [-0.2, -0.15) is 23.5 Å². The minimum Gasteiger partial charge on any atom is -0.317 e. The number of alkyl halides is 2. The van der Waals surface area contributed by atoms with Crippen LogP contribution in [0.5, 0.6) is 0 Å². The maximum atomic E-state index is 5.58. The number of nitrogens with one attached hydrogen (secondary N) is 1. The average Bonchev–Trinajstić information content (AvgIpc) is 2.26. The Hall–Kier alpha value is 1.53. The van der Waals surface area contributed by atoms with Gasteiger partial charge in [0.15, 0.2) is 0 Å². The molecule has 0 radical (unpaired) electrons. The molecule has 0 aliphatic rings. The van der Waals surface area contributed by atoms with Crippen molar-refractivity contribution in [1.29, 1.82) is 0 Å². The normalized spacial score (nSPS) is 10.1. The highest BCUT2D eigenvalue weighted by atomic mass is 35.5. The summed E-state index contributed by atoms with van der Waals surface area (Å²) in [6.07, 6.45) is 2.49. The summed E-state index contributed by atoms with van der Waals surface area (Å²) >= 11 is 15.0. The van der Waals surface area contributed by atoms with Crippen molar-refractivity contribution in [2.45, 2.75) is 12.8 Å². The van der Waals surface area contributed by atoms with Crippen molar-refractivity contribution in [2.24, 2.45) is 0 Å². The maximum absolute atomic E-state index is 5.58. The van der Waals surface area contributed by atoms with Gasteiger partial charge in [0.1, 0.15) is 0 Å². The molecule has 0 aliphatic carbocycles. The third-order valence-electron chi connectivity index (χ3n) is 1.73. The van der Waals surface area contributed by atoms with Gasteiger partial charge in [-0.05, 0) is 37.4 Å². The number of hydrogen-bond acceptors (Lipinski definition) is 3. The quantitative estimate of drug-likeness (QED) is 0.433. The van der Waals surface area contributed by atoms with Gasteiger partial charge in [-0.15, -0.1) is 35.6 Å². The number of thioether (sulfide) groups is 2. The molecular formula is C10H22Cl3NS2. The standard InChI is InChI=1S/C10H21Cl2NS2.ClH/c11-3-9-14-7-1-5-13-6-2-8-15-10-4-12;/h13H,1-10H2;1H. The van der Waals surface area contributed by atoms with Crippen molar-refractivity contribution in [3.05, 3.63) is 0 Å². The van der Waals surface area contributed by atoms with Crippen LogP contribution in [0.25, 0.3) is 0 Å². The third-order valence-corrected chi connectivity index (χ3v) is 4.69. The van der Waals surface area contributed by atoms with Crippen LogP contribution in [0.3, 0.4) is 0 Å². The highest BCUT2D eigenvalue weighted by molar-refractivity contribution is 7.99. The zero-order valence-corrected chi connectivity index (χ0v) is 13.5. The number of rotatable bonds is 12. The molecule has 0 unspecified atom stereocenters. The van der Waals surface area contributed by atoms with Gasteiger partial charge in [0.25, 0.3) is 0 Å². The third kappa shape index (κ3) is 17.9. The molecule has 0 aliphatic heterocycles. The monoisotopic (exact) mass is 325 g/mol. The summed E-state index contributed by atoms with van der Waals surface area (Å²) in [5.41, 5.74) is 0. The topological polar surface area (TPSA) is 12.0 Å². The van der Waals surface area contributed by atoms with E-state index in [1.807, 2.05) is 23.5 Å².